The Hall–Kier alpha value is -2.44. The minimum Gasteiger partial charge on any atom is -0.477 e. The highest BCUT2D eigenvalue weighted by Crippen LogP contribution is 2.02. The molecule has 82 valence electrons. The van der Waals surface area contributed by atoms with Gasteiger partial charge in [-0.3, -0.25) is 10.8 Å². The molecule has 7 heteroatoms. The van der Waals surface area contributed by atoms with Crippen molar-refractivity contribution in [3.8, 4) is 0 Å². The van der Waals surface area contributed by atoms with Crippen molar-refractivity contribution in [2.24, 2.45) is 10.2 Å². The SMILES string of the molecule is CC(=N)/N=N\C(=N)c1ccc(C(=O)O)nc1. The fourth-order valence-corrected chi connectivity index (χ4v) is 0.843. The van der Waals surface area contributed by atoms with Gasteiger partial charge >= 0.3 is 5.97 Å². The van der Waals surface area contributed by atoms with E-state index in [2.05, 4.69) is 15.2 Å². The fraction of sp³-hybridized carbons (Fsp3) is 0.111. The van der Waals surface area contributed by atoms with Gasteiger partial charge in [0.05, 0.1) is 0 Å². The van der Waals surface area contributed by atoms with E-state index in [4.69, 9.17) is 15.9 Å². The third-order valence-electron chi connectivity index (χ3n) is 1.56. The fourth-order valence-electron chi connectivity index (χ4n) is 0.843. The molecule has 0 aliphatic rings. The van der Waals surface area contributed by atoms with Crippen LogP contribution in [0.4, 0.5) is 0 Å². The van der Waals surface area contributed by atoms with E-state index in [0.717, 1.165) is 0 Å². The third-order valence-corrected chi connectivity index (χ3v) is 1.56. The third kappa shape index (κ3) is 3.05. The second-order valence-electron chi connectivity index (χ2n) is 2.87. The van der Waals surface area contributed by atoms with Crippen molar-refractivity contribution in [3.05, 3.63) is 29.6 Å². The van der Waals surface area contributed by atoms with Crippen LogP contribution in [-0.2, 0) is 0 Å². The zero-order chi connectivity index (χ0) is 12.1. The van der Waals surface area contributed by atoms with Crippen molar-refractivity contribution in [3.63, 3.8) is 0 Å². The Bertz CT molecular complexity index is 463. The topological polar surface area (TPSA) is 123 Å². The summed E-state index contributed by atoms with van der Waals surface area (Å²) in [6.45, 7) is 1.43. The van der Waals surface area contributed by atoms with Crippen LogP contribution in [0.5, 0.6) is 0 Å². The van der Waals surface area contributed by atoms with Gasteiger partial charge < -0.3 is 5.11 Å². The number of pyridine rings is 1. The van der Waals surface area contributed by atoms with E-state index < -0.39 is 5.97 Å². The molecule has 0 bridgehead atoms. The van der Waals surface area contributed by atoms with E-state index in [-0.39, 0.29) is 17.4 Å². The van der Waals surface area contributed by atoms with Gasteiger partial charge in [-0.25, -0.2) is 9.78 Å². The molecule has 16 heavy (non-hydrogen) atoms. The van der Waals surface area contributed by atoms with Crippen molar-refractivity contribution in [1.82, 2.24) is 4.98 Å². The van der Waals surface area contributed by atoms with Crippen LogP contribution in [0.1, 0.15) is 23.0 Å². The predicted octanol–water partition coefficient (Wildman–Crippen LogP) is 1.55. The maximum Gasteiger partial charge on any atom is 0.354 e. The number of hydrogen-bond acceptors (Lipinski definition) is 4. The lowest BCUT2D eigenvalue weighted by Crippen LogP contribution is -2.02. The van der Waals surface area contributed by atoms with Crippen LogP contribution in [0.25, 0.3) is 0 Å². The summed E-state index contributed by atoms with van der Waals surface area (Å²) in [4.78, 5) is 14.1. The summed E-state index contributed by atoms with van der Waals surface area (Å²) in [7, 11) is 0. The summed E-state index contributed by atoms with van der Waals surface area (Å²) in [5.41, 5.74) is 0.242. The monoisotopic (exact) mass is 219 g/mol. The first-order valence-electron chi connectivity index (χ1n) is 4.26. The molecule has 0 spiro atoms. The first-order chi connectivity index (χ1) is 7.50. The molecule has 7 nitrogen and oxygen atoms in total. The Morgan fingerprint density at radius 2 is 2.06 bits per heavy atom. The van der Waals surface area contributed by atoms with E-state index in [0.29, 0.717) is 5.56 Å². The molecule has 1 rings (SSSR count). The highest BCUT2D eigenvalue weighted by atomic mass is 16.4. The van der Waals surface area contributed by atoms with Gasteiger partial charge in [-0.1, -0.05) is 0 Å². The summed E-state index contributed by atoms with van der Waals surface area (Å²) < 4.78 is 0. The summed E-state index contributed by atoms with van der Waals surface area (Å²) in [6, 6.07) is 2.69. The van der Waals surface area contributed by atoms with Crippen molar-refractivity contribution in [2.75, 3.05) is 0 Å². The van der Waals surface area contributed by atoms with Gasteiger partial charge in [-0.2, -0.15) is 0 Å². The van der Waals surface area contributed by atoms with Gasteiger partial charge in [0.15, 0.2) is 5.84 Å². The Kier molecular flexibility index (Phi) is 3.54. The van der Waals surface area contributed by atoms with Crippen LogP contribution in [0.15, 0.2) is 28.6 Å². The van der Waals surface area contributed by atoms with Gasteiger partial charge in [0.2, 0.25) is 0 Å². The molecule has 0 amide bonds. The second kappa shape index (κ2) is 4.87. The quantitative estimate of drug-likeness (QED) is 0.397. The summed E-state index contributed by atoms with van der Waals surface area (Å²) in [6.07, 6.45) is 1.23. The maximum atomic E-state index is 10.5. The molecule has 0 radical (unpaired) electrons. The zero-order valence-electron chi connectivity index (χ0n) is 8.43. The number of azo groups is 1. The lowest BCUT2D eigenvalue weighted by atomic mass is 10.2. The lowest BCUT2D eigenvalue weighted by Gasteiger charge is -1.97. The predicted molar refractivity (Wildman–Crippen MR) is 56.3 cm³/mol. The Morgan fingerprint density at radius 3 is 2.50 bits per heavy atom. The molecular weight excluding hydrogens is 210 g/mol. The maximum absolute atomic E-state index is 10.5. The highest BCUT2D eigenvalue weighted by Gasteiger charge is 2.05. The highest BCUT2D eigenvalue weighted by molar-refractivity contribution is 5.97. The molecular formula is C9H9N5O2. The van der Waals surface area contributed by atoms with Crippen molar-refractivity contribution in [1.29, 1.82) is 10.8 Å². The van der Waals surface area contributed by atoms with E-state index in [1.54, 1.807) is 0 Å². The van der Waals surface area contributed by atoms with Gasteiger partial charge in [0, 0.05) is 11.8 Å². The Balaban J connectivity index is 2.86. The molecule has 1 heterocycles. The largest absolute Gasteiger partial charge is 0.477 e. The van der Waals surface area contributed by atoms with Crippen molar-refractivity contribution in [2.45, 2.75) is 6.92 Å². The van der Waals surface area contributed by atoms with Crippen LogP contribution >= 0.6 is 0 Å². The molecule has 0 aliphatic heterocycles. The number of carboxylic acids is 1. The number of hydrogen-bond donors (Lipinski definition) is 3. The van der Waals surface area contributed by atoms with Crippen LogP contribution < -0.4 is 0 Å². The minimum atomic E-state index is -1.13. The van der Waals surface area contributed by atoms with Gasteiger partial charge in [-0.15, -0.1) is 10.2 Å². The summed E-state index contributed by atoms with van der Waals surface area (Å²) >= 11 is 0. The van der Waals surface area contributed by atoms with Gasteiger partial charge in [0.25, 0.3) is 0 Å². The van der Waals surface area contributed by atoms with Crippen LogP contribution in [-0.4, -0.2) is 27.7 Å². The van der Waals surface area contributed by atoms with E-state index in [1.807, 2.05) is 0 Å². The summed E-state index contributed by atoms with van der Waals surface area (Å²) in [5.74, 6) is -1.31. The first kappa shape index (κ1) is 11.6. The molecule has 3 N–H and O–H groups in total. The number of rotatable bonds is 2. The number of aromatic carboxylic acids is 1. The van der Waals surface area contributed by atoms with E-state index in [9.17, 15) is 4.79 Å². The molecule has 1 aromatic heterocycles. The van der Waals surface area contributed by atoms with Crippen LogP contribution in [0.2, 0.25) is 0 Å². The number of nitrogens with zero attached hydrogens (tertiary/aromatic N) is 3. The molecule has 0 aliphatic carbocycles. The van der Waals surface area contributed by atoms with Crippen LogP contribution in [0, 0.1) is 10.8 Å². The minimum absolute atomic E-state index is 0.0140. The second-order valence-corrected chi connectivity index (χ2v) is 2.87. The smallest absolute Gasteiger partial charge is 0.354 e. The molecule has 1 aromatic rings. The average Bonchev–Trinajstić information content (AvgIpc) is 2.26. The number of amidine groups is 2. The molecule has 0 atom stereocenters. The van der Waals surface area contributed by atoms with E-state index >= 15 is 0 Å². The first-order valence-corrected chi connectivity index (χ1v) is 4.26. The normalized spacial score (nSPS) is 10.3. The Morgan fingerprint density at radius 1 is 1.38 bits per heavy atom. The standard InChI is InChI=1S/C9H9N5O2/c1-5(10)13-14-8(11)6-2-3-7(9(15)16)12-4-6/h2-4,10-11H,1H3,(H,15,16)/b10-5?,11-8?,14-13-. The number of carboxylic acid groups (broad SMARTS) is 1. The average molecular weight is 219 g/mol. The van der Waals surface area contributed by atoms with Crippen LogP contribution in [0.3, 0.4) is 0 Å². The van der Waals surface area contributed by atoms with Gasteiger partial charge in [0.1, 0.15) is 11.5 Å². The van der Waals surface area contributed by atoms with Gasteiger partial charge in [-0.05, 0) is 19.1 Å². The number of aromatic nitrogens is 1. The Labute approximate surface area is 90.9 Å². The lowest BCUT2D eigenvalue weighted by molar-refractivity contribution is 0.0690. The van der Waals surface area contributed by atoms with Crippen molar-refractivity contribution >= 4 is 17.6 Å². The number of carbonyl (C=O) groups is 1. The van der Waals surface area contributed by atoms with E-state index in [1.165, 1.54) is 25.3 Å². The summed E-state index contributed by atoms with van der Waals surface area (Å²) in [5, 5.41) is 29.9. The molecule has 0 saturated carbocycles. The molecule has 0 aromatic carbocycles. The molecule has 0 unspecified atom stereocenters. The molecule has 0 fully saturated rings. The van der Waals surface area contributed by atoms with Crippen molar-refractivity contribution < 1.29 is 9.90 Å². The zero-order valence-corrected chi connectivity index (χ0v) is 8.43. The number of nitrogens with one attached hydrogen (secondary N) is 2. The molecule has 0 saturated heterocycles.